The molecule has 2 aromatic heterocycles. The van der Waals surface area contributed by atoms with Crippen molar-refractivity contribution in [3.8, 4) is 11.3 Å². The van der Waals surface area contributed by atoms with Gasteiger partial charge in [-0.05, 0) is 100 Å². The Labute approximate surface area is 209 Å². The Kier molecular flexibility index (Phi) is 6.47. The first-order chi connectivity index (χ1) is 16.7. The van der Waals surface area contributed by atoms with Crippen LogP contribution in [-0.4, -0.2) is 45.9 Å². The normalized spacial score (nSPS) is 18.3. The summed E-state index contributed by atoms with van der Waals surface area (Å²) in [5, 5.41) is 4.83. The topological polar surface area (TPSA) is 61.0 Å². The molecule has 0 atom stereocenters. The van der Waals surface area contributed by atoms with Crippen molar-refractivity contribution in [2.45, 2.75) is 84.1 Å². The molecule has 2 fully saturated rings. The van der Waals surface area contributed by atoms with Gasteiger partial charge in [0.05, 0.1) is 12.2 Å². The van der Waals surface area contributed by atoms with E-state index in [1.165, 1.54) is 52.5 Å². The van der Waals surface area contributed by atoms with Gasteiger partial charge in [-0.2, -0.15) is 0 Å². The number of pyridine rings is 1. The summed E-state index contributed by atoms with van der Waals surface area (Å²) >= 11 is 0. The first-order valence-electron chi connectivity index (χ1n) is 13.4. The fraction of sp³-hybridized carbons (Fsp3) is 0.533. The average molecular weight is 473 g/mol. The molecule has 0 spiro atoms. The number of amides is 1. The summed E-state index contributed by atoms with van der Waals surface area (Å²) in [5.41, 5.74) is 8.69. The van der Waals surface area contributed by atoms with Crippen molar-refractivity contribution in [3.63, 3.8) is 0 Å². The van der Waals surface area contributed by atoms with E-state index in [4.69, 9.17) is 0 Å². The predicted octanol–water partition coefficient (Wildman–Crippen LogP) is 6.21. The quantitative estimate of drug-likeness (QED) is 0.448. The lowest BCUT2D eigenvalue weighted by molar-refractivity contribution is -0.131. The summed E-state index contributed by atoms with van der Waals surface area (Å²) in [6.07, 6.45) is 5.71. The number of hydrogen-bond donors (Lipinski definition) is 2. The lowest BCUT2D eigenvalue weighted by atomic mass is 9.78. The minimum atomic E-state index is 0.181. The maximum atomic E-state index is 12.8. The van der Waals surface area contributed by atoms with E-state index in [2.05, 4.69) is 85.1 Å². The van der Waals surface area contributed by atoms with E-state index in [9.17, 15) is 4.79 Å². The first kappa shape index (κ1) is 24.1. The maximum absolute atomic E-state index is 12.8. The molecule has 1 aromatic carbocycles. The van der Waals surface area contributed by atoms with Crippen molar-refractivity contribution < 1.29 is 4.79 Å². The van der Waals surface area contributed by atoms with Crippen LogP contribution in [0.4, 0.5) is 0 Å². The summed E-state index contributed by atoms with van der Waals surface area (Å²) in [6, 6.07) is 11.3. The summed E-state index contributed by atoms with van der Waals surface area (Å²) in [5.74, 6) is 1.17. The Morgan fingerprint density at radius 3 is 2.43 bits per heavy atom. The smallest absolute Gasteiger partial charge is 0.236 e. The van der Waals surface area contributed by atoms with Crippen LogP contribution in [0.15, 0.2) is 30.3 Å². The monoisotopic (exact) mass is 472 g/mol. The second kappa shape index (κ2) is 9.42. The predicted molar refractivity (Wildman–Crippen MR) is 144 cm³/mol. The van der Waals surface area contributed by atoms with Gasteiger partial charge in [0, 0.05) is 46.5 Å². The highest BCUT2D eigenvalue weighted by molar-refractivity contribution is 5.92. The third-order valence-electron chi connectivity index (χ3n) is 8.25. The Hall–Kier alpha value is -2.66. The number of H-pyrrole nitrogens is 1. The number of nitrogens with one attached hydrogen (secondary N) is 2. The Bertz CT molecular complexity index is 1210. The fourth-order valence-electron chi connectivity index (χ4n) is 6.04. The minimum Gasteiger partial charge on any atom is -0.354 e. The van der Waals surface area contributed by atoms with Crippen LogP contribution in [0.2, 0.25) is 0 Å². The van der Waals surface area contributed by atoms with Crippen LogP contribution in [0, 0.1) is 13.8 Å². The number of carbonyl (C=O) groups excluding carboxylic acids is 1. The summed E-state index contributed by atoms with van der Waals surface area (Å²) in [6.45, 7) is 13.1. The van der Waals surface area contributed by atoms with E-state index in [-0.39, 0.29) is 11.4 Å². The molecule has 1 aliphatic heterocycles. The van der Waals surface area contributed by atoms with Crippen molar-refractivity contribution >= 4 is 16.8 Å². The molecule has 1 saturated carbocycles. The van der Waals surface area contributed by atoms with Gasteiger partial charge in [0.2, 0.25) is 5.91 Å². The third kappa shape index (κ3) is 4.88. The number of fused-ring (bicyclic) bond motifs is 1. The molecule has 0 unspecified atom stereocenters. The van der Waals surface area contributed by atoms with Crippen LogP contribution >= 0.6 is 0 Å². The summed E-state index contributed by atoms with van der Waals surface area (Å²) < 4.78 is 0. The molecule has 5 heteroatoms. The standard InChI is InChI=1S/C30H40N4O/c1-19(2)28-25-17-23(7-8-26(25)33-29(28)24-15-20(3)32-21(4)16-24)22-9-13-34(14-10-22)27(35)18-31-30(5)11-6-12-30/h7-8,15-17,19,22,31,33H,6,9-14,18H2,1-5H3. The molecule has 5 nitrogen and oxygen atoms in total. The molecule has 2 N–H and O–H groups in total. The van der Waals surface area contributed by atoms with E-state index in [1.807, 2.05) is 0 Å². The molecule has 1 saturated heterocycles. The molecule has 35 heavy (non-hydrogen) atoms. The number of benzene rings is 1. The second-order valence-electron chi connectivity index (χ2n) is 11.4. The van der Waals surface area contributed by atoms with Gasteiger partial charge >= 0.3 is 0 Å². The zero-order chi connectivity index (χ0) is 24.7. The Balaban J connectivity index is 1.33. The molecular formula is C30H40N4O. The number of hydrogen-bond acceptors (Lipinski definition) is 3. The summed E-state index contributed by atoms with van der Waals surface area (Å²) in [4.78, 5) is 23.1. The molecule has 1 aliphatic carbocycles. The van der Waals surface area contributed by atoms with Crippen molar-refractivity contribution in [3.05, 3.63) is 52.8 Å². The molecule has 3 aromatic rings. The van der Waals surface area contributed by atoms with Gasteiger partial charge < -0.3 is 15.2 Å². The van der Waals surface area contributed by atoms with Gasteiger partial charge in [-0.1, -0.05) is 19.9 Å². The number of carbonyl (C=O) groups is 1. The van der Waals surface area contributed by atoms with Crippen LogP contribution in [0.5, 0.6) is 0 Å². The van der Waals surface area contributed by atoms with Crippen molar-refractivity contribution in [1.82, 2.24) is 20.2 Å². The van der Waals surface area contributed by atoms with Crippen LogP contribution < -0.4 is 5.32 Å². The largest absolute Gasteiger partial charge is 0.354 e. The number of likely N-dealkylation sites (tertiary alicyclic amines) is 1. The maximum Gasteiger partial charge on any atom is 0.236 e. The van der Waals surface area contributed by atoms with Gasteiger partial charge in [0.25, 0.3) is 0 Å². The van der Waals surface area contributed by atoms with E-state index >= 15 is 0 Å². The van der Waals surface area contributed by atoms with Crippen LogP contribution in [-0.2, 0) is 4.79 Å². The molecule has 3 heterocycles. The Morgan fingerprint density at radius 2 is 1.83 bits per heavy atom. The molecule has 1 amide bonds. The van der Waals surface area contributed by atoms with E-state index < -0.39 is 0 Å². The van der Waals surface area contributed by atoms with Gasteiger partial charge in [-0.25, -0.2) is 0 Å². The van der Waals surface area contributed by atoms with E-state index in [0.717, 1.165) is 37.3 Å². The van der Waals surface area contributed by atoms with Gasteiger partial charge in [-0.15, -0.1) is 0 Å². The average Bonchev–Trinajstić information content (AvgIpc) is 3.20. The molecule has 2 aliphatic rings. The van der Waals surface area contributed by atoms with Gasteiger partial charge in [0.1, 0.15) is 0 Å². The van der Waals surface area contributed by atoms with Crippen molar-refractivity contribution in [2.24, 2.45) is 0 Å². The zero-order valence-corrected chi connectivity index (χ0v) is 22.0. The van der Waals surface area contributed by atoms with E-state index in [1.54, 1.807) is 0 Å². The van der Waals surface area contributed by atoms with Crippen molar-refractivity contribution in [1.29, 1.82) is 0 Å². The SMILES string of the molecule is Cc1cc(-c2[nH]c3ccc(C4CCN(C(=O)CNC5(C)CCC5)CC4)cc3c2C(C)C)cc(C)n1. The lowest BCUT2D eigenvalue weighted by Crippen LogP contribution is -2.52. The van der Waals surface area contributed by atoms with Crippen LogP contribution in [0.3, 0.4) is 0 Å². The number of piperidine rings is 1. The Morgan fingerprint density at radius 1 is 1.14 bits per heavy atom. The number of aryl methyl sites for hydroxylation is 2. The zero-order valence-electron chi connectivity index (χ0n) is 22.0. The molecular weight excluding hydrogens is 432 g/mol. The molecule has 0 bridgehead atoms. The van der Waals surface area contributed by atoms with Crippen molar-refractivity contribution in [2.75, 3.05) is 19.6 Å². The lowest BCUT2D eigenvalue weighted by Gasteiger charge is -2.40. The molecule has 186 valence electrons. The number of aromatic amines is 1. The molecule has 0 radical (unpaired) electrons. The minimum absolute atomic E-state index is 0.181. The number of rotatable bonds is 6. The van der Waals surface area contributed by atoms with Gasteiger partial charge in [0.15, 0.2) is 0 Å². The first-order valence-corrected chi connectivity index (χ1v) is 13.4. The fourth-order valence-corrected chi connectivity index (χ4v) is 6.04. The highest BCUT2D eigenvalue weighted by Crippen LogP contribution is 2.38. The molecule has 5 rings (SSSR count). The van der Waals surface area contributed by atoms with E-state index in [0.29, 0.717) is 18.4 Å². The van der Waals surface area contributed by atoms with Gasteiger partial charge in [-0.3, -0.25) is 9.78 Å². The highest BCUT2D eigenvalue weighted by Gasteiger charge is 2.32. The van der Waals surface area contributed by atoms with Crippen LogP contribution in [0.25, 0.3) is 22.2 Å². The number of nitrogens with zero attached hydrogens (tertiary/aromatic N) is 2. The number of aromatic nitrogens is 2. The second-order valence-corrected chi connectivity index (χ2v) is 11.4. The highest BCUT2D eigenvalue weighted by atomic mass is 16.2. The third-order valence-corrected chi connectivity index (χ3v) is 8.25. The van der Waals surface area contributed by atoms with Crippen LogP contribution in [0.1, 0.15) is 87.2 Å². The summed E-state index contributed by atoms with van der Waals surface area (Å²) in [7, 11) is 0.